The predicted octanol–water partition coefficient (Wildman–Crippen LogP) is 4.07. The van der Waals surface area contributed by atoms with Crippen molar-refractivity contribution >= 4 is 0 Å². The van der Waals surface area contributed by atoms with Crippen molar-refractivity contribution in [3.05, 3.63) is 29.8 Å². The van der Waals surface area contributed by atoms with Gasteiger partial charge in [-0.2, -0.15) is 0 Å². The zero-order valence-electron chi connectivity index (χ0n) is 12.1. The SMILES string of the molecule is CCC1CCCCC12CC(NC)c1ccccc1O2. The van der Waals surface area contributed by atoms with Gasteiger partial charge < -0.3 is 10.1 Å². The Bertz CT molecular complexity index is 445. The van der Waals surface area contributed by atoms with Gasteiger partial charge in [0, 0.05) is 18.0 Å². The zero-order chi connectivity index (χ0) is 13.3. The first-order chi connectivity index (χ1) is 9.29. The summed E-state index contributed by atoms with van der Waals surface area (Å²) in [5.41, 5.74) is 1.41. The summed E-state index contributed by atoms with van der Waals surface area (Å²) in [4.78, 5) is 0. The molecular weight excluding hydrogens is 234 g/mol. The Kier molecular flexibility index (Phi) is 3.53. The van der Waals surface area contributed by atoms with Crippen molar-refractivity contribution in [2.24, 2.45) is 5.92 Å². The van der Waals surface area contributed by atoms with Gasteiger partial charge in [0.1, 0.15) is 11.4 Å². The largest absolute Gasteiger partial charge is 0.487 e. The molecule has 0 radical (unpaired) electrons. The van der Waals surface area contributed by atoms with Crippen molar-refractivity contribution in [2.45, 2.75) is 57.1 Å². The Balaban J connectivity index is 1.97. The number of para-hydroxylation sites is 1. The number of ether oxygens (including phenoxy) is 1. The fraction of sp³-hybridized carbons (Fsp3) is 0.647. The molecule has 1 saturated carbocycles. The molecule has 1 N–H and O–H groups in total. The molecule has 2 aliphatic rings. The van der Waals surface area contributed by atoms with E-state index in [0.29, 0.717) is 12.0 Å². The van der Waals surface area contributed by atoms with Crippen LogP contribution in [0.15, 0.2) is 24.3 Å². The highest BCUT2D eigenvalue weighted by atomic mass is 16.5. The van der Waals surface area contributed by atoms with Crippen LogP contribution in [-0.4, -0.2) is 12.6 Å². The normalized spacial score (nSPS) is 33.8. The van der Waals surface area contributed by atoms with Crippen molar-refractivity contribution < 1.29 is 4.74 Å². The van der Waals surface area contributed by atoms with E-state index in [2.05, 4.69) is 43.6 Å². The van der Waals surface area contributed by atoms with E-state index >= 15 is 0 Å². The van der Waals surface area contributed by atoms with E-state index in [1.807, 2.05) is 0 Å². The van der Waals surface area contributed by atoms with E-state index in [4.69, 9.17) is 4.74 Å². The molecule has 1 aliphatic heterocycles. The van der Waals surface area contributed by atoms with E-state index in [0.717, 1.165) is 12.2 Å². The molecule has 3 atom stereocenters. The van der Waals surface area contributed by atoms with Gasteiger partial charge in [0.05, 0.1) is 0 Å². The molecule has 1 aromatic carbocycles. The number of benzene rings is 1. The minimum atomic E-state index is 0.0784. The summed E-state index contributed by atoms with van der Waals surface area (Å²) in [5.74, 6) is 1.82. The Labute approximate surface area is 116 Å². The molecular formula is C17H25NO. The number of nitrogens with one attached hydrogen (secondary N) is 1. The molecule has 19 heavy (non-hydrogen) atoms. The van der Waals surface area contributed by atoms with Gasteiger partial charge >= 0.3 is 0 Å². The third-order valence-electron chi connectivity index (χ3n) is 5.15. The van der Waals surface area contributed by atoms with Crippen LogP contribution in [0, 0.1) is 5.92 Å². The summed E-state index contributed by atoms with van der Waals surface area (Å²) >= 11 is 0. The van der Waals surface area contributed by atoms with Crippen LogP contribution in [0.4, 0.5) is 0 Å². The van der Waals surface area contributed by atoms with Crippen LogP contribution in [0.5, 0.6) is 5.75 Å². The lowest BCUT2D eigenvalue weighted by atomic mass is 9.69. The topological polar surface area (TPSA) is 21.3 Å². The summed E-state index contributed by atoms with van der Waals surface area (Å²) in [6.07, 6.45) is 7.59. The van der Waals surface area contributed by atoms with E-state index in [-0.39, 0.29) is 5.60 Å². The molecule has 104 valence electrons. The van der Waals surface area contributed by atoms with Crippen LogP contribution in [0.3, 0.4) is 0 Å². The average Bonchev–Trinajstić information content (AvgIpc) is 2.47. The average molecular weight is 259 g/mol. The van der Waals surface area contributed by atoms with E-state index in [1.165, 1.54) is 37.7 Å². The minimum Gasteiger partial charge on any atom is -0.487 e. The molecule has 3 unspecified atom stereocenters. The first-order valence-corrected chi connectivity index (χ1v) is 7.74. The highest BCUT2D eigenvalue weighted by Gasteiger charge is 2.46. The van der Waals surface area contributed by atoms with Crippen molar-refractivity contribution in [1.29, 1.82) is 0 Å². The zero-order valence-corrected chi connectivity index (χ0v) is 12.1. The second kappa shape index (κ2) is 5.16. The van der Waals surface area contributed by atoms with Gasteiger partial charge in [0.25, 0.3) is 0 Å². The summed E-state index contributed by atoms with van der Waals surface area (Å²) < 4.78 is 6.56. The highest BCUT2D eigenvalue weighted by molar-refractivity contribution is 5.39. The summed E-state index contributed by atoms with van der Waals surface area (Å²) in [7, 11) is 2.07. The third-order valence-corrected chi connectivity index (χ3v) is 5.15. The maximum absolute atomic E-state index is 6.56. The second-order valence-corrected chi connectivity index (χ2v) is 6.10. The number of hydrogen-bond donors (Lipinski definition) is 1. The van der Waals surface area contributed by atoms with E-state index < -0.39 is 0 Å². The monoisotopic (exact) mass is 259 g/mol. The fourth-order valence-corrected chi connectivity index (χ4v) is 4.10. The van der Waals surface area contributed by atoms with Gasteiger partial charge in [0.15, 0.2) is 0 Å². The van der Waals surface area contributed by atoms with Gasteiger partial charge in [-0.3, -0.25) is 0 Å². The summed E-state index contributed by atoms with van der Waals surface area (Å²) in [6, 6.07) is 8.99. The van der Waals surface area contributed by atoms with Gasteiger partial charge in [-0.1, -0.05) is 31.5 Å². The fourth-order valence-electron chi connectivity index (χ4n) is 4.10. The second-order valence-electron chi connectivity index (χ2n) is 6.10. The standard InChI is InChI=1S/C17H25NO/c1-3-13-8-6-7-11-17(13)12-15(18-2)14-9-4-5-10-16(14)19-17/h4-5,9-10,13,15,18H,3,6-8,11-12H2,1-2H3. The summed E-state index contributed by atoms with van der Waals surface area (Å²) in [5, 5.41) is 3.50. The lowest BCUT2D eigenvalue weighted by Gasteiger charge is -2.49. The number of fused-ring (bicyclic) bond motifs is 1. The van der Waals surface area contributed by atoms with Crippen molar-refractivity contribution in [3.8, 4) is 5.75 Å². The molecule has 1 fully saturated rings. The molecule has 0 saturated heterocycles. The van der Waals surface area contributed by atoms with Crippen LogP contribution in [0.1, 0.15) is 57.1 Å². The molecule has 0 bridgehead atoms. The number of hydrogen-bond acceptors (Lipinski definition) is 2. The molecule has 0 amide bonds. The lowest BCUT2D eigenvalue weighted by molar-refractivity contribution is -0.0518. The summed E-state index contributed by atoms with van der Waals surface area (Å²) in [6.45, 7) is 2.32. The highest BCUT2D eigenvalue weighted by Crippen LogP contribution is 2.49. The van der Waals surface area contributed by atoms with E-state index in [1.54, 1.807) is 0 Å². The van der Waals surface area contributed by atoms with Gasteiger partial charge in [0.2, 0.25) is 0 Å². The molecule has 1 aromatic rings. The number of rotatable bonds is 2. The maximum atomic E-state index is 6.56. The Morgan fingerprint density at radius 3 is 2.95 bits per heavy atom. The Morgan fingerprint density at radius 1 is 1.32 bits per heavy atom. The van der Waals surface area contributed by atoms with Crippen LogP contribution in [-0.2, 0) is 0 Å². The lowest BCUT2D eigenvalue weighted by Crippen LogP contribution is -2.50. The molecule has 2 heteroatoms. The third kappa shape index (κ3) is 2.16. The smallest absolute Gasteiger partial charge is 0.124 e. The van der Waals surface area contributed by atoms with Crippen molar-refractivity contribution in [1.82, 2.24) is 5.32 Å². The van der Waals surface area contributed by atoms with Crippen LogP contribution < -0.4 is 10.1 Å². The molecule has 1 heterocycles. The maximum Gasteiger partial charge on any atom is 0.124 e. The first kappa shape index (κ1) is 13.0. The Morgan fingerprint density at radius 2 is 2.16 bits per heavy atom. The van der Waals surface area contributed by atoms with E-state index in [9.17, 15) is 0 Å². The Hall–Kier alpha value is -1.02. The first-order valence-electron chi connectivity index (χ1n) is 7.74. The van der Waals surface area contributed by atoms with Gasteiger partial charge in [-0.15, -0.1) is 0 Å². The quantitative estimate of drug-likeness (QED) is 0.864. The predicted molar refractivity (Wildman–Crippen MR) is 78.5 cm³/mol. The van der Waals surface area contributed by atoms with Gasteiger partial charge in [-0.25, -0.2) is 0 Å². The minimum absolute atomic E-state index is 0.0784. The van der Waals surface area contributed by atoms with Gasteiger partial charge in [-0.05, 0) is 44.7 Å². The van der Waals surface area contributed by atoms with Crippen molar-refractivity contribution in [3.63, 3.8) is 0 Å². The molecule has 1 spiro atoms. The van der Waals surface area contributed by atoms with Crippen LogP contribution in [0.2, 0.25) is 0 Å². The van der Waals surface area contributed by atoms with Crippen LogP contribution >= 0.6 is 0 Å². The molecule has 0 aromatic heterocycles. The molecule has 3 rings (SSSR count). The van der Waals surface area contributed by atoms with Crippen molar-refractivity contribution in [2.75, 3.05) is 7.05 Å². The molecule has 2 nitrogen and oxygen atoms in total. The van der Waals surface area contributed by atoms with Crippen LogP contribution in [0.25, 0.3) is 0 Å². The molecule has 1 aliphatic carbocycles.